The molecule has 0 aromatic heterocycles. The third-order valence-corrected chi connectivity index (χ3v) is 6.52. The molecule has 1 aliphatic heterocycles. The molecule has 1 heterocycles. The fourth-order valence-electron chi connectivity index (χ4n) is 3.10. The minimum absolute atomic E-state index is 0.0539. The SMILES string of the molecule is CC(=C/c1ccccc1)/C=C1\SC(=O)N(CCCC(=O)Nc2ccc(S(N)(=O)=O)cc2)C1=O. The highest BCUT2D eigenvalue weighted by Crippen LogP contribution is 2.32. The average molecular weight is 486 g/mol. The van der Waals surface area contributed by atoms with Crippen LogP contribution in [0.1, 0.15) is 25.3 Å². The molecule has 1 saturated heterocycles. The van der Waals surface area contributed by atoms with Gasteiger partial charge in [-0.25, -0.2) is 13.6 Å². The summed E-state index contributed by atoms with van der Waals surface area (Å²) in [7, 11) is -3.80. The van der Waals surface area contributed by atoms with E-state index >= 15 is 0 Å². The zero-order chi connectivity index (χ0) is 24.0. The second-order valence-electron chi connectivity index (χ2n) is 7.35. The Morgan fingerprint density at radius 1 is 1.09 bits per heavy atom. The fraction of sp³-hybridized carbons (Fsp3) is 0.174. The van der Waals surface area contributed by atoms with Crippen molar-refractivity contribution in [2.45, 2.75) is 24.7 Å². The molecule has 0 radical (unpaired) electrons. The second-order valence-corrected chi connectivity index (χ2v) is 9.91. The molecule has 0 atom stereocenters. The minimum atomic E-state index is -3.80. The third kappa shape index (κ3) is 6.88. The van der Waals surface area contributed by atoms with Gasteiger partial charge in [-0.1, -0.05) is 36.4 Å². The van der Waals surface area contributed by atoms with Gasteiger partial charge in [-0.3, -0.25) is 19.3 Å². The van der Waals surface area contributed by atoms with Crippen LogP contribution in [0, 0.1) is 0 Å². The van der Waals surface area contributed by atoms with Crippen LogP contribution in [0.3, 0.4) is 0 Å². The molecule has 8 nitrogen and oxygen atoms in total. The Labute approximate surface area is 196 Å². The second kappa shape index (κ2) is 10.6. The number of imide groups is 1. The molecule has 1 aliphatic rings. The number of benzene rings is 2. The van der Waals surface area contributed by atoms with Crippen LogP contribution in [0.2, 0.25) is 0 Å². The number of anilines is 1. The molecule has 2 aromatic rings. The Kier molecular flexibility index (Phi) is 7.85. The van der Waals surface area contributed by atoms with Crippen molar-refractivity contribution >= 4 is 50.6 Å². The number of nitrogens with two attached hydrogens (primary N) is 1. The Morgan fingerprint density at radius 2 is 1.76 bits per heavy atom. The first kappa shape index (κ1) is 24.4. The van der Waals surface area contributed by atoms with Crippen LogP contribution < -0.4 is 10.5 Å². The van der Waals surface area contributed by atoms with E-state index < -0.39 is 10.0 Å². The first-order valence-corrected chi connectivity index (χ1v) is 12.4. The molecule has 0 saturated carbocycles. The van der Waals surface area contributed by atoms with Gasteiger partial charge in [0.15, 0.2) is 0 Å². The molecule has 10 heteroatoms. The molecule has 1 fully saturated rings. The molecular weight excluding hydrogens is 462 g/mol. The molecule has 172 valence electrons. The molecule has 2 aromatic carbocycles. The maximum absolute atomic E-state index is 12.6. The van der Waals surface area contributed by atoms with Crippen molar-refractivity contribution in [3.05, 3.63) is 76.7 Å². The van der Waals surface area contributed by atoms with Gasteiger partial charge in [-0.15, -0.1) is 0 Å². The zero-order valence-electron chi connectivity index (χ0n) is 17.9. The van der Waals surface area contributed by atoms with E-state index in [0.717, 1.165) is 27.8 Å². The fourth-order valence-corrected chi connectivity index (χ4v) is 4.53. The van der Waals surface area contributed by atoms with E-state index in [4.69, 9.17) is 5.14 Å². The lowest BCUT2D eigenvalue weighted by molar-refractivity contribution is -0.123. The highest BCUT2D eigenvalue weighted by Gasteiger charge is 2.34. The third-order valence-electron chi connectivity index (χ3n) is 4.68. The van der Waals surface area contributed by atoms with Crippen molar-refractivity contribution in [2.24, 2.45) is 5.14 Å². The molecule has 3 rings (SSSR count). The number of thioether (sulfide) groups is 1. The summed E-state index contributed by atoms with van der Waals surface area (Å²) in [5.41, 5.74) is 2.26. The van der Waals surface area contributed by atoms with Gasteiger partial charge in [0.2, 0.25) is 15.9 Å². The van der Waals surface area contributed by atoms with Crippen molar-refractivity contribution in [3.63, 3.8) is 0 Å². The minimum Gasteiger partial charge on any atom is -0.326 e. The monoisotopic (exact) mass is 485 g/mol. The van der Waals surface area contributed by atoms with E-state index in [1.807, 2.05) is 43.3 Å². The molecular formula is C23H23N3O5S2. The van der Waals surface area contributed by atoms with Crippen LogP contribution in [0.25, 0.3) is 6.08 Å². The lowest BCUT2D eigenvalue weighted by Crippen LogP contribution is -2.29. The lowest BCUT2D eigenvalue weighted by atomic mass is 10.1. The molecule has 3 amide bonds. The molecule has 0 aliphatic carbocycles. The number of carbonyl (C=O) groups excluding carboxylic acids is 3. The summed E-state index contributed by atoms with van der Waals surface area (Å²) in [6.07, 6.45) is 4.00. The highest BCUT2D eigenvalue weighted by atomic mass is 32.2. The quantitative estimate of drug-likeness (QED) is 0.549. The molecule has 0 bridgehead atoms. The van der Waals surface area contributed by atoms with Crippen molar-refractivity contribution in [1.82, 2.24) is 4.90 Å². The van der Waals surface area contributed by atoms with Crippen LogP contribution in [-0.4, -0.2) is 36.9 Å². The smallest absolute Gasteiger partial charge is 0.293 e. The topological polar surface area (TPSA) is 127 Å². The Morgan fingerprint density at radius 3 is 2.39 bits per heavy atom. The highest BCUT2D eigenvalue weighted by molar-refractivity contribution is 8.18. The van der Waals surface area contributed by atoms with Crippen molar-refractivity contribution in [2.75, 3.05) is 11.9 Å². The Bertz CT molecular complexity index is 1220. The van der Waals surface area contributed by atoms with Crippen LogP contribution >= 0.6 is 11.8 Å². The van der Waals surface area contributed by atoms with Gasteiger partial charge in [0.1, 0.15) is 0 Å². The summed E-state index contributed by atoms with van der Waals surface area (Å²) >= 11 is 0.883. The van der Waals surface area contributed by atoms with Crippen LogP contribution in [0.5, 0.6) is 0 Å². The molecule has 0 spiro atoms. The van der Waals surface area contributed by atoms with Gasteiger partial charge in [0.05, 0.1) is 9.80 Å². The number of carbonyl (C=O) groups is 3. The van der Waals surface area contributed by atoms with Crippen LogP contribution in [0.15, 0.2) is 76.0 Å². The van der Waals surface area contributed by atoms with E-state index in [1.165, 1.54) is 24.3 Å². The number of hydrogen-bond donors (Lipinski definition) is 2. The Balaban J connectivity index is 1.52. The number of nitrogens with one attached hydrogen (secondary N) is 1. The van der Waals surface area contributed by atoms with Crippen LogP contribution in [0.4, 0.5) is 10.5 Å². The number of amides is 3. The number of rotatable bonds is 8. The number of primary sulfonamides is 1. The maximum atomic E-state index is 12.6. The largest absolute Gasteiger partial charge is 0.326 e. The summed E-state index contributed by atoms with van der Waals surface area (Å²) in [5.74, 6) is -0.688. The average Bonchev–Trinajstić information content (AvgIpc) is 3.01. The van der Waals surface area contributed by atoms with Gasteiger partial charge >= 0.3 is 0 Å². The predicted molar refractivity (Wildman–Crippen MR) is 129 cm³/mol. The summed E-state index contributed by atoms with van der Waals surface area (Å²) in [4.78, 5) is 38.5. The lowest BCUT2D eigenvalue weighted by Gasteiger charge is -2.12. The van der Waals surface area contributed by atoms with Gasteiger partial charge in [0.25, 0.3) is 11.1 Å². The molecule has 33 heavy (non-hydrogen) atoms. The standard InChI is InChI=1S/C23H23N3O5S2/c1-16(14-17-6-3-2-4-7-17)15-20-22(28)26(23(29)32-20)13-5-8-21(27)25-18-9-11-19(12-10-18)33(24,30)31/h2-4,6-7,9-12,14-15H,5,8,13H2,1H3,(H,25,27)(H2,24,30,31)/b16-14-,20-15-. The summed E-state index contributed by atoms with van der Waals surface area (Å²) < 4.78 is 22.5. The van der Waals surface area contributed by atoms with E-state index in [-0.39, 0.29) is 34.9 Å². The van der Waals surface area contributed by atoms with Crippen molar-refractivity contribution < 1.29 is 22.8 Å². The van der Waals surface area contributed by atoms with Crippen molar-refractivity contribution in [1.29, 1.82) is 0 Å². The molecule has 0 unspecified atom stereocenters. The van der Waals surface area contributed by atoms with E-state index in [0.29, 0.717) is 17.0 Å². The first-order valence-electron chi connectivity index (χ1n) is 10.0. The van der Waals surface area contributed by atoms with Crippen LogP contribution in [-0.2, 0) is 19.6 Å². The number of allylic oxidation sites excluding steroid dienone is 2. The normalized spacial score (nSPS) is 15.9. The number of sulfonamides is 1. The van der Waals surface area contributed by atoms with E-state index in [1.54, 1.807) is 6.08 Å². The number of nitrogens with zero attached hydrogens (tertiary/aromatic N) is 1. The summed E-state index contributed by atoms with van der Waals surface area (Å²) in [6, 6.07) is 15.1. The molecule has 3 N–H and O–H groups in total. The van der Waals surface area contributed by atoms with Gasteiger partial charge < -0.3 is 5.32 Å². The number of hydrogen-bond acceptors (Lipinski definition) is 6. The van der Waals surface area contributed by atoms with E-state index in [9.17, 15) is 22.8 Å². The first-order chi connectivity index (χ1) is 15.6. The zero-order valence-corrected chi connectivity index (χ0v) is 19.5. The Hall–Kier alpha value is -3.21. The summed E-state index contributed by atoms with van der Waals surface area (Å²) in [5, 5.41) is 7.32. The predicted octanol–water partition coefficient (Wildman–Crippen LogP) is 3.74. The van der Waals surface area contributed by atoms with Gasteiger partial charge in [-0.05, 0) is 66.6 Å². The van der Waals surface area contributed by atoms with Gasteiger partial charge in [0, 0.05) is 18.7 Å². The van der Waals surface area contributed by atoms with Gasteiger partial charge in [-0.2, -0.15) is 0 Å². The van der Waals surface area contributed by atoms with E-state index in [2.05, 4.69) is 5.32 Å². The van der Waals surface area contributed by atoms with Crippen molar-refractivity contribution in [3.8, 4) is 0 Å². The maximum Gasteiger partial charge on any atom is 0.293 e. The summed E-state index contributed by atoms with van der Waals surface area (Å²) in [6.45, 7) is 1.99.